The predicted molar refractivity (Wildman–Crippen MR) is 141 cm³/mol. The highest BCUT2D eigenvalue weighted by Crippen LogP contribution is 2.35. The van der Waals surface area contributed by atoms with E-state index < -0.39 is 10.8 Å². The number of nitriles is 1. The lowest BCUT2D eigenvalue weighted by molar-refractivity contribution is -0.387. The lowest BCUT2D eigenvalue weighted by atomic mass is 10.1. The number of halogens is 2. The van der Waals surface area contributed by atoms with Crippen molar-refractivity contribution in [2.75, 3.05) is 0 Å². The molecule has 184 valence electrons. The Morgan fingerprint density at radius 3 is 2.65 bits per heavy atom. The van der Waals surface area contributed by atoms with Gasteiger partial charge in [-0.3, -0.25) is 20.0 Å². The molecular weight excluding hydrogens is 535 g/mol. The highest BCUT2D eigenvalue weighted by atomic mass is 35.5. The Labute approximate surface area is 225 Å². The first kappa shape index (κ1) is 25.9. The second kappa shape index (κ2) is 11.7. The summed E-state index contributed by atoms with van der Waals surface area (Å²) in [7, 11) is 0. The number of benzene rings is 3. The molecule has 0 atom stereocenters. The SMILES string of the molecule is N#C/C(=C\c1ccc(Sc2n[nH]c(-c3ccc(Cl)cc3Cl)n2)c([N+](=O)[O-])c1)C(=O)NCc1ccccc1. The number of aromatic amines is 1. The van der Waals surface area contributed by atoms with Gasteiger partial charge in [-0.05, 0) is 53.2 Å². The van der Waals surface area contributed by atoms with Crippen molar-refractivity contribution < 1.29 is 9.72 Å². The first-order valence-electron chi connectivity index (χ1n) is 10.6. The van der Waals surface area contributed by atoms with E-state index in [9.17, 15) is 20.2 Å². The van der Waals surface area contributed by atoms with E-state index in [4.69, 9.17) is 23.2 Å². The van der Waals surface area contributed by atoms with Crippen LogP contribution in [0.2, 0.25) is 10.0 Å². The minimum Gasteiger partial charge on any atom is -0.347 e. The number of hydrogen-bond acceptors (Lipinski definition) is 7. The average Bonchev–Trinajstić information content (AvgIpc) is 3.35. The Bertz CT molecular complexity index is 1550. The second-order valence-electron chi connectivity index (χ2n) is 7.52. The van der Waals surface area contributed by atoms with Crippen molar-refractivity contribution in [3.8, 4) is 17.5 Å². The van der Waals surface area contributed by atoms with Crippen LogP contribution in [0, 0.1) is 21.4 Å². The molecule has 0 radical (unpaired) electrons. The number of carbonyl (C=O) groups excluding carboxylic acids is 1. The minimum absolute atomic E-state index is 0.177. The van der Waals surface area contributed by atoms with Crippen molar-refractivity contribution in [3.05, 3.63) is 104 Å². The molecule has 0 unspecified atom stereocenters. The molecular formula is C25H16Cl2N6O3S. The van der Waals surface area contributed by atoms with E-state index in [-0.39, 0.29) is 27.9 Å². The summed E-state index contributed by atoms with van der Waals surface area (Å²) >= 11 is 13.1. The summed E-state index contributed by atoms with van der Waals surface area (Å²) in [5, 5.41) is 31.9. The summed E-state index contributed by atoms with van der Waals surface area (Å²) in [4.78, 5) is 28.3. The van der Waals surface area contributed by atoms with Crippen molar-refractivity contribution >= 4 is 52.6 Å². The van der Waals surface area contributed by atoms with Crippen molar-refractivity contribution in [1.29, 1.82) is 5.26 Å². The fraction of sp³-hybridized carbons (Fsp3) is 0.0400. The zero-order valence-corrected chi connectivity index (χ0v) is 21.1. The molecule has 0 saturated heterocycles. The quantitative estimate of drug-likeness (QED) is 0.117. The number of amides is 1. The molecule has 37 heavy (non-hydrogen) atoms. The molecule has 1 aromatic heterocycles. The van der Waals surface area contributed by atoms with E-state index in [1.165, 1.54) is 18.2 Å². The fourth-order valence-corrected chi connectivity index (χ4v) is 4.53. The molecule has 12 heteroatoms. The van der Waals surface area contributed by atoms with Gasteiger partial charge in [0.2, 0.25) is 5.16 Å². The van der Waals surface area contributed by atoms with Crippen LogP contribution in [-0.2, 0) is 11.3 Å². The molecule has 0 aliphatic rings. The van der Waals surface area contributed by atoms with Crippen LogP contribution >= 0.6 is 35.0 Å². The standard InChI is InChI=1S/C25H16Cl2N6O3S/c26-18-7-8-19(20(27)12-18)23-30-25(32-31-23)37-22-9-6-16(11-21(22)33(35)36)10-17(13-28)24(34)29-14-15-4-2-1-3-5-15/h1-12H,14H2,(H,29,34)(H,30,31,32)/b17-10+. The number of nitrogens with zero attached hydrogens (tertiary/aromatic N) is 4. The third-order valence-corrected chi connectivity index (χ3v) is 6.48. The summed E-state index contributed by atoms with van der Waals surface area (Å²) in [5.41, 5.74) is 1.38. The van der Waals surface area contributed by atoms with Gasteiger partial charge in [0.25, 0.3) is 11.6 Å². The van der Waals surface area contributed by atoms with Gasteiger partial charge in [-0.1, -0.05) is 59.6 Å². The number of H-pyrrole nitrogens is 1. The van der Waals surface area contributed by atoms with Gasteiger partial charge in [-0.25, -0.2) is 4.98 Å². The number of nitro benzene ring substituents is 1. The minimum atomic E-state index is -0.582. The van der Waals surface area contributed by atoms with Crippen LogP contribution in [0.25, 0.3) is 17.5 Å². The zero-order chi connectivity index (χ0) is 26.4. The van der Waals surface area contributed by atoms with Crippen molar-refractivity contribution in [2.45, 2.75) is 16.6 Å². The van der Waals surface area contributed by atoms with E-state index in [1.807, 2.05) is 36.4 Å². The number of carbonyl (C=O) groups is 1. The molecule has 9 nitrogen and oxygen atoms in total. The monoisotopic (exact) mass is 550 g/mol. The van der Waals surface area contributed by atoms with Crippen LogP contribution in [0.5, 0.6) is 0 Å². The maximum Gasteiger partial charge on any atom is 0.283 e. The third-order valence-electron chi connectivity index (χ3n) is 5.00. The number of nitro groups is 1. The molecule has 2 N–H and O–H groups in total. The zero-order valence-electron chi connectivity index (χ0n) is 18.8. The molecule has 4 rings (SSSR count). The number of aromatic nitrogens is 3. The van der Waals surface area contributed by atoms with Gasteiger partial charge in [-0.15, -0.1) is 5.10 Å². The first-order valence-corrected chi connectivity index (χ1v) is 12.2. The van der Waals surface area contributed by atoms with Gasteiger partial charge in [0.15, 0.2) is 5.82 Å². The average molecular weight is 551 g/mol. The molecule has 0 saturated carbocycles. The highest BCUT2D eigenvalue weighted by molar-refractivity contribution is 7.99. The lowest BCUT2D eigenvalue weighted by Crippen LogP contribution is -2.23. The number of nitrogens with one attached hydrogen (secondary N) is 2. The van der Waals surface area contributed by atoms with Crippen LogP contribution in [0.4, 0.5) is 5.69 Å². The van der Waals surface area contributed by atoms with Crippen molar-refractivity contribution in [2.24, 2.45) is 0 Å². The van der Waals surface area contributed by atoms with Crippen LogP contribution in [-0.4, -0.2) is 26.0 Å². The number of hydrogen-bond donors (Lipinski definition) is 2. The Balaban J connectivity index is 1.53. The normalized spacial score (nSPS) is 11.1. The molecule has 0 fully saturated rings. The summed E-state index contributed by atoms with van der Waals surface area (Å²) < 4.78 is 0. The highest BCUT2D eigenvalue weighted by Gasteiger charge is 2.19. The van der Waals surface area contributed by atoms with Gasteiger partial charge in [-0.2, -0.15) is 5.26 Å². The van der Waals surface area contributed by atoms with Crippen molar-refractivity contribution in [3.63, 3.8) is 0 Å². The molecule has 0 aliphatic heterocycles. The van der Waals surface area contributed by atoms with Crippen LogP contribution in [0.1, 0.15) is 11.1 Å². The van der Waals surface area contributed by atoms with E-state index in [0.29, 0.717) is 27.0 Å². The fourth-order valence-electron chi connectivity index (χ4n) is 3.23. The molecule has 4 aromatic rings. The second-order valence-corrected chi connectivity index (χ2v) is 9.37. The molecule has 0 aliphatic carbocycles. The molecule has 1 amide bonds. The summed E-state index contributed by atoms with van der Waals surface area (Å²) in [6.45, 7) is 0.244. The van der Waals surface area contributed by atoms with Gasteiger partial charge in [0, 0.05) is 23.2 Å². The third kappa shape index (κ3) is 6.54. The largest absolute Gasteiger partial charge is 0.347 e. The van der Waals surface area contributed by atoms with Gasteiger partial charge in [0.05, 0.1) is 14.8 Å². The Kier molecular flexibility index (Phi) is 8.20. The van der Waals surface area contributed by atoms with Crippen LogP contribution in [0.15, 0.2) is 82.4 Å². The lowest BCUT2D eigenvalue weighted by Gasteiger charge is -2.05. The summed E-state index contributed by atoms with van der Waals surface area (Å²) in [6.07, 6.45) is 1.30. The van der Waals surface area contributed by atoms with Crippen LogP contribution in [0.3, 0.4) is 0 Å². The van der Waals surface area contributed by atoms with Gasteiger partial charge in [0.1, 0.15) is 11.6 Å². The maximum absolute atomic E-state index is 12.5. The maximum atomic E-state index is 12.5. The van der Waals surface area contributed by atoms with Gasteiger partial charge < -0.3 is 5.32 Å². The summed E-state index contributed by atoms with van der Waals surface area (Å²) in [6, 6.07) is 20.4. The summed E-state index contributed by atoms with van der Waals surface area (Å²) in [5.74, 6) is -0.201. The molecule has 0 spiro atoms. The predicted octanol–water partition coefficient (Wildman–Crippen LogP) is 6.06. The van der Waals surface area contributed by atoms with Crippen molar-refractivity contribution in [1.82, 2.24) is 20.5 Å². The first-order chi connectivity index (χ1) is 17.8. The van der Waals surface area contributed by atoms with E-state index in [2.05, 4.69) is 20.5 Å². The number of rotatable bonds is 8. The Hall–Kier alpha value is -4.17. The van der Waals surface area contributed by atoms with E-state index >= 15 is 0 Å². The smallest absolute Gasteiger partial charge is 0.283 e. The Morgan fingerprint density at radius 1 is 1.16 bits per heavy atom. The van der Waals surface area contributed by atoms with Gasteiger partial charge >= 0.3 is 0 Å². The molecule has 0 bridgehead atoms. The Morgan fingerprint density at radius 2 is 1.95 bits per heavy atom. The van der Waals surface area contributed by atoms with E-state index in [0.717, 1.165) is 17.3 Å². The van der Waals surface area contributed by atoms with E-state index in [1.54, 1.807) is 24.3 Å². The molecule has 1 heterocycles. The topological polar surface area (TPSA) is 138 Å². The molecule has 3 aromatic carbocycles. The van der Waals surface area contributed by atoms with Crippen LogP contribution < -0.4 is 5.32 Å².